The summed E-state index contributed by atoms with van der Waals surface area (Å²) in [6.45, 7) is 5.04. The van der Waals surface area contributed by atoms with E-state index in [0.717, 1.165) is 5.56 Å². The maximum Gasteiger partial charge on any atom is 0.311 e. The van der Waals surface area contributed by atoms with Crippen molar-refractivity contribution >= 4 is 5.69 Å². The molecule has 0 aliphatic heterocycles. The van der Waals surface area contributed by atoms with Crippen LogP contribution in [0.15, 0.2) is 18.2 Å². The van der Waals surface area contributed by atoms with Crippen LogP contribution in [0.1, 0.15) is 19.4 Å². The first-order valence-electron chi connectivity index (χ1n) is 5.16. The monoisotopic (exact) mass is 225 g/mol. The van der Waals surface area contributed by atoms with Crippen molar-refractivity contribution in [1.82, 2.24) is 0 Å². The van der Waals surface area contributed by atoms with Gasteiger partial charge in [0.25, 0.3) is 0 Å². The van der Waals surface area contributed by atoms with Gasteiger partial charge in [0.2, 0.25) is 0 Å². The normalized spacial score (nSPS) is 10.1. The molecule has 88 valence electrons. The van der Waals surface area contributed by atoms with Crippen LogP contribution >= 0.6 is 0 Å². The van der Waals surface area contributed by atoms with Crippen LogP contribution in [0.4, 0.5) is 5.69 Å². The van der Waals surface area contributed by atoms with E-state index in [9.17, 15) is 10.1 Å². The summed E-state index contributed by atoms with van der Waals surface area (Å²) in [7, 11) is 0. The molecule has 0 unspecified atom stereocenters. The quantitative estimate of drug-likeness (QED) is 0.551. The molecule has 1 rings (SSSR count). The van der Waals surface area contributed by atoms with Crippen molar-refractivity contribution in [3.05, 3.63) is 33.9 Å². The van der Waals surface area contributed by atoms with Gasteiger partial charge in [-0.25, -0.2) is 0 Å². The first kappa shape index (κ1) is 12.4. The second kappa shape index (κ2) is 6.07. The fourth-order valence-electron chi connectivity index (χ4n) is 1.29. The van der Waals surface area contributed by atoms with E-state index < -0.39 is 4.92 Å². The van der Waals surface area contributed by atoms with Crippen molar-refractivity contribution in [2.75, 3.05) is 13.2 Å². The molecule has 1 aromatic rings. The van der Waals surface area contributed by atoms with Crippen LogP contribution in [-0.2, 0) is 11.3 Å². The lowest BCUT2D eigenvalue weighted by Crippen LogP contribution is -1.99. The second-order valence-electron chi connectivity index (χ2n) is 3.13. The van der Waals surface area contributed by atoms with E-state index in [4.69, 9.17) is 9.47 Å². The van der Waals surface area contributed by atoms with Gasteiger partial charge < -0.3 is 9.47 Å². The molecule has 5 nitrogen and oxygen atoms in total. The summed E-state index contributed by atoms with van der Waals surface area (Å²) < 4.78 is 10.4. The molecule has 0 atom stereocenters. The number of nitro benzene ring substituents is 1. The Kier molecular flexibility index (Phi) is 4.72. The highest BCUT2D eigenvalue weighted by atomic mass is 16.6. The van der Waals surface area contributed by atoms with Crippen LogP contribution in [0.25, 0.3) is 0 Å². The number of nitrogens with zero attached hydrogens (tertiary/aromatic N) is 1. The van der Waals surface area contributed by atoms with Gasteiger partial charge in [-0.3, -0.25) is 10.1 Å². The largest absolute Gasteiger partial charge is 0.487 e. The van der Waals surface area contributed by atoms with Crippen molar-refractivity contribution in [1.29, 1.82) is 0 Å². The van der Waals surface area contributed by atoms with E-state index in [2.05, 4.69) is 0 Å². The molecule has 0 N–H and O–H groups in total. The molecule has 5 heteroatoms. The smallest absolute Gasteiger partial charge is 0.311 e. The number of benzene rings is 1. The van der Waals surface area contributed by atoms with Crippen molar-refractivity contribution in [3.8, 4) is 5.75 Å². The van der Waals surface area contributed by atoms with E-state index in [1.54, 1.807) is 19.1 Å². The zero-order chi connectivity index (χ0) is 12.0. The third-order valence-corrected chi connectivity index (χ3v) is 1.99. The van der Waals surface area contributed by atoms with Gasteiger partial charge in [0.15, 0.2) is 5.75 Å². The van der Waals surface area contributed by atoms with Crippen LogP contribution in [0.5, 0.6) is 5.75 Å². The van der Waals surface area contributed by atoms with Gasteiger partial charge in [0.1, 0.15) is 0 Å². The Hall–Kier alpha value is -1.62. The molecular weight excluding hydrogens is 210 g/mol. The van der Waals surface area contributed by atoms with E-state index in [0.29, 0.717) is 25.6 Å². The molecule has 0 fully saturated rings. The Bertz CT molecular complexity index is 365. The molecule has 0 spiro atoms. The van der Waals surface area contributed by atoms with Crippen LogP contribution in [0, 0.1) is 10.1 Å². The number of hydrogen-bond donors (Lipinski definition) is 0. The summed E-state index contributed by atoms with van der Waals surface area (Å²) in [6.07, 6.45) is 0. The summed E-state index contributed by atoms with van der Waals surface area (Å²) in [6, 6.07) is 4.87. The average molecular weight is 225 g/mol. The highest BCUT2D eigenvalue weighted by Crippen LogP contribution is 2.28. The fourth-order valence-corrected chi connectivity index (χ4v) is 1.29. The van der Waals surface area contributed by atoms with E-state index in [1.807, 2.05) is 6.92 Å². The Morgan fingerprint density at radius 1 is 1.31 bits per heavy atom. The summed E-state index contributed by atoms with van der Waals surface area (Å²) >= 11 is 0. The zero-order valence-electron chi connectivity index (χ0n) is 9.43. The van der Waals surface area contributed by atoms with Crippen LogP contribution in [0.2, 0.25) is 0 Å². The van der Waals surface area contributed by atoms with Crippen molar-refractivity contribution in [3.63, 3.8) is 0 Å². The predicted octanol–water partition coefficient (Wildman–Crippen LogP) is 2.53. The van der Waals surface area contributed by atoms with Gasteiger partial charge in [-0.05, 0) is 25.5 Å². The van der Waals surface area contributed by atoms with E-state index in [1.165, 1.54) is 6.07 Å². The van der Waals surface area contributed by atoms with E-state index in [-0.39, 0.29) is 5.69 Å². The summed E-state index contributed by atoms with van der Waals surface area (Å²) in [5.41, 5.74) is 0.760. The van der Waals surface area contributed by atoms with Crippen molar-refractivity contribution in [2.24, 2.45) is 0 Å². The van der Waals surface area contributed by atoms with Gasteiger partial charge in [0, 0.05) is 12.7 Å². The maximum absolute atomic E-state index is 10.8. The first-order chi connectivity index (χ1) is 7.69. The van der Waals surface area contributed by atoms with Crippen molar-refractivity contribution in [2.45, 2.75) is 20.5 Å². The molecule has 16 heavy (non-hydrogen) atoms. The minimum atomic E-state index is -0.444. The minimum absolute atomic E-state index is 0.0148. The predicted molar refractivity (Wildman–Crippen MR) is 59.6 cm³/mol. The highest BCUT2D eigenvalue weighted by Gasteiger charge is 2.15. The topological polar surface area (TPSA) is 61.6 Å². The van der Waals surface area contributed by atoms with Gasteiger partial charge in [-0.2, -0.15) is 0 Å². The fraction of sp³-hybridized carbons (Fsp3) is 0.455. The summed E-state index contributed by atoms with van der Waals surface area (Å²) in [5.74, 6) is 0.299. The number of ether oxygens (including phenoxy) is 2. The van der Waals surface area contributed by atoms with Crippen molar-refractivity contribution < 1.29 is 14.4 Å². The van der Waals surface area contributed by atoms with Crippen LogP contribution in [0.3, 0.4) is 0 Å². The molecule has 0 saturated heterocycles. The second-order valence-corrected chi connectivity index (χ2v) is 3.13. The average Bonchev–Trinajstić information content (AvgIpc) is 2.27. The lowest BCUT2D eigenvalue weighted by Gasteiger charge is -2.06. The first-order valence-corrected chi connectivity index (χ1v) is 5.16. The minimum Gasteiger partial charge on any atom is -0.487 e. The maximum atomic E-state index is 10.8. The summed E-state index contributed by atoms with van der Waals surface area (Å²) in [4.78, 5) is 10.4. The highest BCUT2D eigenvalue weighted by molar-refractivity contribution is 5.48. The molecule has 0 saturated carbocycles. The lowest BCUT2D eigenvalue weighted by atomic mass is 10.2. The molecule has 0 amide bonds. The van der Waals surface area contributed by atoms with E-state index >= 15 is 0 Å². The molecule has 0 bridgehead atoms. The Labute approximate surface area is 94.1 Å². The van der Waals surface area contributed by atoms with Gasteiger partial charge in [-0.15, -0.1) is 0 Å². The zero-order valence-corrected chi connectivity index (χ0v) is 9.43. The Balaban J connectivity index is 2.93. The number of rotatable bonds is 6. The molecule has 0 heterocycles. The third kappa shape index (κ3) is 3.20. The molecule has 0 aromatic heterocycles. The number of nitro groups is 1. The lowest BCUT2D eigenvalue weighted by molar-refractivity contribution is -0.385. The van der Waals surface area contributed by atoms with Crippen LogP contribution < -0.4 is 4.74 Å². The summed E-state index contributed by atoms with van der Waals surface area (Å²) in [5, 5.41) is 10.8. The standard InChI is InChI=1S/C11H15NO4/c1-3-15-8-9-5-6-11(16-4-2)10(7-9)12(13)14/h5-7H,3-4,8H2,1-2H3. The SMILES string of the molecule is CCOCc1ccc(OCC)c([N+](=O)[O-])c1. The Morgan fingerprint density at radius 3 is 2.62 bits per heavy atom. The molecule has 0 radical (unpaired) electrons. The molecule has 0 aliphatic carbocycles. The molecule has 1 aromatic carbocycles. The van der Waals surface area contributed by atoms with Gasteiger partial charge in [0.05, 0.1) is 18.1 Å². The molecule has 0 aliphatic rings. The Morgan fingerprint density at radius 2 is 2.06 bits per heavy atom. The van der Waals surface area contributed by atoms with Crippen LogP contribution in [-0.4, -0.2) is 18.1 Å². The third-order valence-electron chi connectivity index (χ3n) is 1.99. The number of hydrogen-bond acceptors (Lipinski definition) is 4. The van der Waals surface area contributed by atoms with Gasteiger partial charge in [-0.1, -0.05) is 6.07 Å². The van der Waals surface area contributed by atoms with Gasteiger partial charge >= 0.3 is 5.69 Å². The molecular formula is C11H15NO4.